The maximum atomic E-state index is 12.0. The lowest BCUT2D eigenvalue weighted by Gasteiger charge is -2.38. The molecule has 1 unspecified atom stereocenters. The zero-order chi connectivity index (χ0) is 14.6. The summed E-state index contributed by atoms with van der Waals surface area (Å²) in [5.74, 6) is -0.331. The minimum absolute atomic E-state index is 0.294. The Morgan fingerprint density at radius 3 is 2.37 bits per heavy atom. The molecule has 1 aliphatic heterocycles. The third-order valence-corrected chi connectivity index (χ3v) is 3.60. The van der Waals surface area contributed by atoms with E-state index in [1.54, 1.807) is 4.90 Å². The van der Waals surface area contributed by atoms with E-state index < -0.39 is 11.6 Å². The van der Waals surface area contributed by atoms with E-state index in [1.165, 1.54) is 19.1 Å². The summed E-state index contributed by atoms with van der Waals surface area (Å²) in [6.45, 7) is 6.91. The van der Waals surface area contributed by atoms with Gasteiger partial charge in [0.05, 0.1) is 13.7 Å². The van der Waals surface area contributed by atoms with Crippen molar-refractivity contribution in [1.29, 1.82) is 0 Å². The van der Waals surface area contributed by atoms with Gasteiger partial charge in [-0.1, -0.05) is 11.9 Å². The van der Waals surface area contributed by atoms with Crippen LogP contribution in [0.15, 0.2) is 0 Å². The summed E-state index contributed by atoms with van der Waals surface area (Å²) >= 11 is 1.48. The van der Waals surface area contributed by atoms with E-state index in [9.17, 15) is 9.59 Å². The molecule has 7 heteroatoms. The minimum Gasteiger partial charge on any atom is -0.468 e. The summed E-state index contributed by atoms with van der Waals surface area (Å²) in [5, 5.41) is 0. The number of carbonyl (C=O) groups excluding carboxylic acids is 2. The molecule has 1 amide bonds. The summed E-state index contributed by atoms with van der Waals surface area (Å²) in [6.07, 6.45) is 1.51. The van der Waals surface area contributed by atoms with Crippen LogP contribution in [0, 0.1) is 0 Å². The first-order valence-electron chi connectivity index (χ1n) is 6.15. The molecule has 1 heterocycles. The Morgan fingerprint density at radius 2 is 1.89 bits per heavy atom. The van der Waals surface area contributed by atoms with Crippen molar-refractivity contribution in [2.45, 2.75) is 32.4 Å². The average Bonchev–Trinajstić information content (AvgIpc) is 2.35. The number of esters is 1. The average molecular weight is 290 g/mol. The topological polar surface area (TPSA) is 59.1 Å². The molecule has 0 saturated carbocycles. The van der Waals surface area contributed by atoms with Crippen LogP contribution in [0.5, 0.6) is 0 Å². The first-order valence-corrected chi connectivity index (χ1v) is 7.33. The lowest BCUT2D eigenvalue weighted by Crippen LogP contribution is -2.56. The van der Waals surface area contributed by atoms with Gasteiger partial charge in [0.15, 0.2) is 0 Å². The Labute approximate surface area is 118 Å². The molecule has 1 fully saturated rings. The predicted molar refractivity (Wildman–Crippen MR) is 73.8 cm³/mol. The highest BCUT2D eigenvalue weighted by atomic mass is 32.2. The molecule has 1 saturated heterocycles. The summed E-state index contributed by atoms with van der Waals surface area (Å²) in [7, 11) is 1.35. The molecular weight excluding hydrogens is 268 g/mol. The standard InChI is InChI=1S/C12H22N2O4S/c1-12(2,3)18-11(16)13-6-7-14(19-5)9(8-13)10(15)17-4/h9H,6-8H2,1-5H3. The maximum absolute atomic E-state index is 12.0. The number of piperazine rings is 1. The molecule has 1 aliphatic rings. The van der Waals surface area contributed by atoms with Crippen LogP contribution in [0.1, 0.15) is 20.8 Å². The fraction of sp³-hybridized carbons (Fsp3) is 0.833. The zero-order valence-corrected chi connectivity index (χ0v) is 13.0. The third-order valence-electron chi connectivity index (χ3n) is 2.69. The fourth-order valence-corrected chi connectivity index (χ4v) is 2.48. The van der Waals surface area contributed by atoms with Crippen molar-refractivity contribution in [2.24, 2.45) is 0 Å². The number of hydrogen-bond acceptors (Lipinski definition) is 6. The molecule has 1 atom stereocenters. The lowest BCUT2D eigenvalue weighted by atomic mass is 10.2. The summed E-state index contributed by atoms with van der Waals surface area (Å²) in [6, 6.07) is -0.443. The summed E-state index contributed by atoms with van der Waals surface area (Å²) in [4.78, 5) is 25.3. The number of ether oxygens (including phenoxy) is 2. The van der Waals surface area contributed by atoms with E-state index in [1.807, 2.05) is 31.3 Å². The summed E-state index contributed by atoms with van der Waals surface area (Å²) in [5.41, 5.74) is -0.533. The van der Waals surface area contributed by atoms with Gasteiger partial charge in [0.25, 0.3) is 0 Å². The monoisotopic (exact) mass is 290 g/mol. The van der Waals surface area contributed by atoms with Crippen LogP contribution < -0.4 is 0 Å². The van der Waals surface area contributed by atoms with Crippen molar-refractivity contribution in [3.05, 3.63) is 0 Å². The van der Waals surface area contributed by atoms with E-state index in [4.69, 9.17) is 9.47 Å². The van der Waals surface area contributed by atoms with Gasteiger partial charge in [-0.15, -0.1) is 0 Å². The molecule has 0 aliphatic carbocycles. The highest BCUT2D eigenvalue weighted by Crippen LogP contribution is 2.20. The SMILES string of the molecule is COC(=O)C1CN(C(=O)OC(C)(C)C)CCN1SC. The Balaban J connectivity index is 2.69. The van der Waals surface area contributed by atoms with Crippen molar-refractivity contribution >= 4 is 24.0 Å². The number of amides is 1. The van der Waals surface area contributed by atoms with Crippen molar-refractivity contribution in [3.8, 4) is 0 Å². The molecule has 110 valence electrons. The molecule has 0 aromatic carbocycles. The highest BCUT2D eigenvalue weighted by Gasteiger charge is 2.36. The fourth-order valence-electron chi connectivity index (χ4n) is 1.81. The van der Waals surface area contributed by atoms with Gasteiger partial charge >= 0.3 is 12.1 Å². The van der Waals surface area contributed by atoms with Gasteiger partial charge in [-0.05, 0) is 27.0 Å². The number of methoxy groups -OCH3 is 1. The number of hydrogen-bond donors (Lipinski definition) is 0. The molecule has 0 spiro atoms. The lowest BCUT2D eigenvalue weighted by molar-refractivity contribution is -0.146. The first-order chi connectivity index (χ1) is 8.78. The van der Waals surface area contributed by atoms with Gasteiger partial charge in [0, 0.05) is 13.1 Å². The second-order valence-corrected chi connectivity index (χ2v) is 6.12. The molecule has 1 rings (SSSR count). The second-order valence-electron chi connectivity index (χ2n) is 5.29. The molecule has 0 radical (unpaired) electrons. The first kappa shape index (κ1) is 16.1. The molecule has 0 bridgehead atoms. The van der Waals surface area contributed by atoms with Crippen LogP contribution in [-0.2, 0) is 14.3 Å². The van der Waals surface area contributed by atoms with Crippen molar-refractivity contribution in [2.75, 3.05) is 33.0 Å². The van der Waals surface area contributed by atoms with Gasteiger partial charge < -0.3 is 14.4 Å². The van der Waals surface area contributed by atoms with Crippen LogP contribution in [0.25, 0.3) is 0 Å². The molecular formula is C12H22N2O4S. The van der Waals surface area contributed by atoms with Crippen LogP contribution in [0.2, 0.25) is 0 Å². The quantitative estimate of drug-likeness (QED) is 0.565. The molecule has 19 heavy (non-hydrogen) atoms. The molecule has 6 nitrogen and oxygen atoms in total. The molecule has 0 N–H and O–H groups in total. The van der Waals surface area contributed by atoms with Gasteiger partial charge in [0.2, 0.25) is 0 Å². The maximum Gasteiger partial charge on any atom is 0.410 e. The van der Waals surface area contributed by atoms with Crippen molar-refractivity contribution in [3.63, 3.8) is 0 Å². The van der Waals surface area contributed by atoms with Gasteiger partial charge in [-0.2, -0.15) is 0 Å². The van der Waals surface area contributed by atoms with E-state index in [0.717, 1.165) is 0 Å². The Bertz CT molecular complexity index is 343. The van der Waals surface area contributed by atoms with Gasteiger partial charge in [-0.3, -0.25) is 4.79 Å². The number of rotatable bonds is 2. The Hall–Kier alpha value is -0.950. The van der Waals surface area contributed by atoms with Crippen LogP contribution >= 0.6 is 11.9 Å². The van der Waals surface area contributed by atoms with Crippen LogP contribution in [-0.4, -0.2) is 65.9 Å². The van der Waals surface area contributed by atoms with Crippen molar-refractivity contribution in [1.82, 2.24) is 9.21 Å². The predicted octanol–water partition coefficient (Wildman–Crippen LogP) is 1.36. The summed E-state index contributed by atoms with van der Waals surface area (Å²) < 4.78 is 12.0. The zero-order valence-electron chi connectivity index (χ0n) is 12.1. The number of carbonyl (C=O) groups is 2. The highest BCUT2D eigenvalue weighted by molar-refractivity contribution is 7.96. The van der Waals surface area contributed by atoms with Crippen LogP contribution in [0.4, 0.5) is 4.79 Å². The van der Waals surface area contributed by atoms with E-state index >= 15 is 0 Å². The van der Waals surface area contributed by atoms with E-state index in [-0.39, 0.29) is 12.1 Å². The smallest absolute Gasteiger partial charge is 0.410 e. The number of nitrogens with zero attached hydrogens (tertiary/aromatic N) is 2. The largest absolute Gasteiger partial charge is 0.468 e. The van der Waals surface area contributed by atoms with Crippen LogP contribution in [0.3, 0.4) is 0 Å². The molecule has 0 aromatic heterocycles. The second kappa shape index (κ2) is 6.47. The normalized spacial score (nSPS) is 21.1. The minimum atomic E-state index is -0.533. The molecule has 0 aromatic rings. The van der Waals surface area contributed by atoms with E-state index in [0.29, 0.717) is 19.6 Å². The Morgan fingerprint density at radius 1 is 1.26 bits per heavy atom. The van der Waals surface area contributed by atoms with Gasteiger partial charge in [-0.25, -0.2) is 9.10 Å². The van der Waals surface area contributed by atoms with E-state index in [2.05, 4.69) is 0 Å². The van der Waals surface area contributed by atoms with Gasteiger partial charge in [0.1, 0.15) is 11.6 Å². The van der Waals surface area contributed by atoms with Crippen molar-refractivity contribution < 1.29 is 19.1 Å². The Kier molecular flexibility index (Phi) is 5.49. The third kappa shape index (κ3) is 4.58.